The lowest BCUT2D eigenvalue weighted by Crippen LogP contribution is -2.14. The number of ether oxygens (including phenoxy) is 1. The molecule has 0 saturated carbocycles. The summed E-state index contributed by atoms with van der Waals surface area (Å²) in [6, 6.07) is 9.09. The molecular formula is C21H22FNO4. The third-order valence-corrected chi connectivity index (χ3v) is 4.04. The fourth-order valence-corrected chi connectivity index (χ4v) is 3.01. The third kappa shape index (κ3) is 3.95. The molecule has 0 aliphatic rings. The Labute approximate surface area is 157 Å². The topological polar surface area (TPSA) is 62.9 Å². The van der Waals surface area contributed by atoms with Crippen molar-refractivity contribution in [2.45, 2.75) is 26.5 Å². The van der Waals surface area contributed by atoms with E-state index in [-0.39, 0.29) is 17.4 Å². The van der Waals surface area contributed by atoms with Crippen LogP contribution in [0.3, 0.4) is 0 Å². The van der Waals surface area contributed by atoms with Crippen LogP contribution in [0.5, 0.6) is 5.75 Å². The van der Waals surface area contributed by atoms with Crippen molar-refractivity contribution in [2.24, 2.45) is 0 Å². The quantitative estimate of drug-likeness (QED) is 0.675. The summed E-state index contributed by atoms with van der Waals surface area (Å²) >= 11 is 0. The maximum Gasteiger partial charge on any atom is 0.340 e. The van der Waals surface area contributed by atoms with Crippen molar-refractivity contribution >= 4 is 16.9 Å². The van der Waals surface area contributed by atoms with Gasteiger partial charge in [-0.05, 0) is 64.3 Å². The van der Waals surface area contributed by atoms with Crippen LogP contribution in [0.25, 0.3) is 22.3 Å². The number of benzene rings is 2. The molecule has 0 bridgehead atoms. The van der Waals surface area contributed by atoms with Crippen LogP contribution in [-0.2, 0) is 6.54 Å². The van der Waals surface area contributed by atoms with Gasteiger partial charge >= 0.3 is 5.97 Å². The second-order valence-corrected chi connectivity index (χ2v) is 6.98. The van der Waals surface area contributed by atoms with Crippen molar-refractivity contribution < 1.29 is 23.4 Å². The molecule has 0 aliphatic carbocycles. The van der Waals surface area contributed by atoms with Gasteiger partial charge in [-0.3, -0.25) is 0 Å². The molecule has 27 heavy (non-hydrogen) atoms. The van der Waals surface area contributed by atoms with Gasteiger partial charge in [-0.2, -0.15) is 0 Å². The largest absolute Gasteiger partial charge is 0.491 e. The van der Waals surface area contributed by atoms with Gasteiger partial charge in [0, 0.05) is 23.1 Å². The van der Waals surface area contributed by atoms with Gasteiger partial charge in [-0.15, -0.1) is 0 Å². The van der Waals surface area contributed by atoms with Crippen molar-refractivity contribution in [3.63, 3.8) is 0 Å². The van der Waals surface area contributed by atoms with Crippen molar-refractivity contribution in [2.75, 3.05) is 14.1 Å². The van der Waals surface area contributed by atoms with Gasteiger partial charge in [0.25, 0.3) is 0 Å². The van der Waals surface area contributed by atoms with E-state index in [1.807, 2.05) is 38.9 Å². The number of hydrogen-bond donors (Lipinski definition) is 1. The molecular weight excluding hydrogens is 349 g/mol. The van der Waals surface area contributed by atoms with Crippen molar-refractivity contribution in [3.8, 4) is 17.1 Å². The van der Waals surface area contributed by atoms with Crippen molar-refractivity contribution in [3.05, 3.63) is 53.3 Å². The number of fused-ring (bicyclic) bond motifs is 1. The number of aromatic carboxylic acids is 1. The first kappa shape index (κ1) is 18.9. The van der Waals surface area contributed by atoms with E-state index in [1.54, 1.807) is 6.07 Å². The molecule has 0 aliphatic heterocycles. The highest BCUT2D eigenvalue weighted by atomic mass is 19.1. The second-order valence-electron chi connectivity index (χ2n) is 6.98. The normalized spacial score (nSPS) is 11.5. The van der Waals surface area contributed by atoms with E-state index in [0.717, 1.165) is 5.56 Å². The van der Waals surface area contributed by atoms with E-state index in [4.69, 9.17) is 9.15 Å². The van der Waals surface area contributed by atoms with Crippen LogP contribution in [0, 0.1) is 5.82 Å². The Morgan fingerprint density at radius 3 is 2.44 bits per heavy atom. The highest BCUT2D eigenvalue weighted by molar-refractivity contribution is 6.08. The van der Waals surface area contributed by atoms with Gasteiger partial charge in [-0.1, -0.05) is 0 Å². The predicted octanol–water partition coefficient (Wildman–Crippen LogP) is 4.79. The van der Waals surface area contributed by atoms with Gasteiger partial charge in [0.15, 0.2) is 0 Å². The van der Waals surface area contributed by atoms with E-state index < -0.39 is 11.8 Å². The molecule has 3 rings (SSSR count). The Balaban J connectivity index is 2.25. The molecule has 0 saturated heterocycles. The highest BCUT2D eigenvalue weighted by Gasteiger charge is 2.24. The lowest BCUT2D eigenvalue weighted by Gasteiger charge is -2.17. The van der Waals surface area contributed by atoms with Crippen LogP contribution < -0.4 is 4.74 Å². The average Bonchev–Trinajstić information content (AvgIpc) is 2.93. The van der Waals surface area contributed by atoms with E-state index in [2.05, 4.69) is 0 Å². The van der Waals surface area contributed by atoms with E-state index in [0.29, 0.717) is 28.8 Å². The van der Waals surface area contributed by atoms with Crippen LogP contribution in [0.15, 0.2) is 40.8 Å². The summed E-state index contributed by atoms with van der Waals surface area (Å²) in [5.41, 5.74) is 1.91. The minimum atomic E-state index is -1.11. The Morgan fingerprint density at radius 2 is 1.89 bits per heavy atom. The van der Waals surface area contributed by atoms with Gasteiger partial charge in [0.2, 0.25) is 0 Å². The first-order chi connectivity index (χ1) is 12.8. The number of carboxylic acid groups (broad SMARTS) is 1. The fourth-order valence-electron chi connectivity index (χ4n) is 3.01. The smallest absolute Gasteiger partial charge is 0.340 e. The summed E-state index contributed by atoms with van der Waals surface area (Å²) in [5, 5.41) is 10.2. The molecule has 3 aromatic rings. The zero-order valence-corrected chi connectivity index (χ0v) is 15.7. The number of nitrogens with zero attached hydrogens (tertiary/aromatic N) is 1. The van der Waals surface area contributed by atoms with Crippen LogP contribution in [0.2, 0.25) is 0 Å². The van der Waals surface area contributed by atoms with E-state index in [1.165, 1.54) is 24.3 Å². The van der Waals surface area contributed by atoms with Crippen molar-refractivity contribution in [1.29, 1.82) is 0 Å². The zero-order chi connectivity index (χ0) is 19.7. The average molecular weight is 371 g/mol. The Kier molecular flexibility index (Phi) is 5.19. The predicted molar refractivity (Wildman–Crippen MR) is 102 cm³/mol. The standard InChI is InChI=1S/C21H22FNO4/c1-12(2)26-17-10-16-18(9-14(17)11-23(3)4)27-20(19(16)21(24)25)13-5-7-15(22)8-6-13/h5-10,12H,11H2,1-4H3,(H,24,25). The number of carbonyl (C=O) groups is 1. The van der Waals surface area contributed by atoms with Gasteiger partial charge in [0.05, 0.1) is 6.10 Å². The first-order valence-electron chi connectivity index (χ1n) is 8.66. The Bertz CT molecular complexity index is 974. The number of hydrogen-bond acceptors (Lipinski definition) is 4. The fraction of sp³-hybridized carbons (Fsp3) is 0.286. The van der Waals surface area contributed by atoms with Gasteiger partial charge in [0.1, 0.15) is 28.5 Å². The molecule has 0 amide bonds. The summed E-state index contributed by atoms with van der Waals surface area (Å²) in [7, 11) is 3.89. The Morgan fingerprint density at radius 1 is 1.22 bits per heavy atom. The summed E-state index contributed by atoms with van der Waals surface area (Å²) in [6.45, 7) is 4.45. The van der Waals surface area contributed by atoms with Crippen molar-refractivity contribution in [1.82, 2.24) is 4.90 Å². The van der Waals surface area contributed by atoms with Gasteiger partial charge < -0.3 is 19.2 Å². The van der Waals surface area contributed by atoms with Crippen LogP contribution in [0.1, 0.15) is 29.8 Å². The molecule has 1 N–H and O–H groups in total. The lowest BCUT2D eigenvalue weighted by molar-refractivity contribution is 0.0699. The second kappa shape index (κ2) is 7.40. The molecule has 6 heteroatoms. The molecule has 142 valence electrons. The molecule has 2 aromatic carbocycles. The number of furan rings is 1. The SMILES string of the molecule is CC(C)Oc1cc2c(C(=O)O)c(-c3ccc(F)cc3)oc2cc1CN(C)C. The molecule has 5 nitrogen and oxygen atoms in total. The van der Waals surface area contributed by atoms with Crippen LogP contribution in [-0.4, -0.2) is 36.2 Å². The summed E-state index contributed by atoms with van der Waals surface area (Å²) < 4.78 is 25.0. The van der Waals surface area contributed by atoms with Crippen LogP contribution in [0.4, 0.5) is 4.39 Å². The summed E-state index contributed by atoms with van der Waals surface area (Å²) in [6.07, 6.45) is -0.0555. The van der Waals surface area contributed by atoms with Crippen LogP contribution >= 0.6 is 0 Å². The molecule has 1 heterocycles. The zero-order valence-electron chi connectivity index (χ0n) is 15.7. The maximum atomic E-state index is 13.2. The Hall–Kier alpha value is -2.86. The minimum Gasteiger partial charge on any atom is -0.491 e. The van der Waals surface area contributed by atoms with E-state index in [9.17, 15) is 14.3 Å². The molecule has 1 aromatic heterocycles. The number of rotatable bonds is 6. The maximum absolute atomic E-state index is 13.2. The minimum absolute atomic E-state index is 0.0432. The van der Waals surface area contributed by atoms with E-state index >= 15 is 0 Å². The van der Waals surface area contributed by atoms with Gasteiger partial charge in [-0.25, -0.2) is 9.18 Å². The first-order valence-corrected chi connectivity index (χ1v) is 8.66. The summed E-state index contributed by atoms with van der Waals surface area (Å²) in [4.78, 5) is 13.9. The molecule has 0 radical (unpaired) electrons. The third-order valence-electron chi connectivity index (χ3n) is 4.04. The number of carboxylic acids is 1. The monoisotopic (exact) mass is 371 g/mol. The lowest BCUT2D eigenvalue weighted by atomic mass is 10.0. The molecule has 0 atom stereocenters. The number of halogens is 1. The molecule has 0 unspecified atom stereocenters. The highest BCUT2D eigenvalue weighted by Crippen LogP contribution is 2.37. The summed E-state index contributed by atoms with van der Waals surface area (Å²) in [5.74, 6) is -0.674. The molecule has 0 fully saturated rings. The molecule has 0 spiro atoms.